The van der Waals surface area contributed by atoms with Gasteiger partial charge in [-0.1, -0.05) is 13.8 Å². The fraction of sp³-hybridized carbons (Fsp3) is 0.429. The van der Waals surface area contributed by atoms with Crippen LogP contribution in [0.4, 0.5) is 4.39 Å². The van der Waals surface area contributed by atoms with E-state index in [1.165, 1.54) is 24.3 Å². The van der Waals surface area contributed by atoms with Gasteiger partial charge in [0, 0.05) is 12.1 Å². The van der Waals surface area contributed by atoms with Crippen LogP contribution in [0.2, 0.25) is 0 Å². The lowest BCUT2D eigenvalue weighted by atomic mass is 9.97. The highest BCUT2D eigenvalue weighted by Crippen LogP contribution is 2.11. The van der Waals surface area contributed by atoms with E-state index >= 15 is 0 Å². The molecule has 4 nitrogen and oxygen atoms in total. The first-order chi connectivity index (χ1) is 8.90. The van der Waals surface area contributed by atoms with Crippen molar-refractivity contribution in [3.8, 4) is 0 Å². The van der Waals surface area contributed by atoms with Crippen LogP contribution in [0.25, 0.3) is 0 Å². The number of carbonyl (C=O) groups is 2. The van der Waals surface area contributed by atoms with E-state index in [0.29, 0.717) is 12.0 Å². The fourth-order valence-corrected chi connectivity index (χ4v) is 1.76. The van der Waals surface area contributed by atoms with Crippen molar-refractivity contribution in [1.29, 1.82) is 0 Å². The minimum Gasteiger partial charge on any atom is -0.481 e. The molecule has 0 fully saturated rings. The molecule has 0 aromatic heterocycles. The Kier molecular flexibility index (Phi) is 5.48. The number of hydrogen-bond donors (Lipinski definition) is 2. The monoisotopic (exact) mass is 267 g/mol. The van der Waals surface area contributed by atoms with Crippen LogP contribution in [0.15, 0.2) is 24.3 Å². The lowest BCUT2D eigenvalue weighted by Gasteiger charge is -2.15. The van der Waals surface area contributed by atoms with Gasteiger partial charge in [-0.2, -0.15) is 0 Å². The normalized spacial score (nSPS) is 12.2. The molecule has 0 aliphatic rings. The van der Waals surface area contributed by atoms with Crippen LogP contribution in [0, 0.1) is 17.7 Å². The summed E-state index contributed by atoms with van der Waals surface area (Å²) >= 11 is 0. The van der Waals surface area contributed by atoms with Gasteiger partial charge in [0.2, 0.25) is 0 Å². The van der Waals surface area contributed by atoms with E-state index in [1.807, 2.05) is 13.8 Å². The summed E-state index contributed by atoms with van der Waals surface area (Å²) in [5.41, 5.74) is 0.315. The zero-order valence-corrected chi connectivity index (χ0v) is 11.0. The van der Waals surface area contributed by atoms with E-state index in [1.54, 1.807) is 0 Å². The van der Waals surface area contributed by atoms with Gasteiger partial charge in [0.25, 0.3) is 5.91 Å². The molecule has 1 amide bonds. The second-order valence-electron chi connectivity index (χ2n) is 4.88. The molecule has 1 aromatic rings. The predicted octanol–water partition coefficient (Wildman–Crippen LogP) is 2.30. The van der Waals surface area contributed by atoms with E-state index in [0.717, 1.165) is 0 Å². The van der Waals surface area contributed by atoms with Crippen molar-refractivity contribution in [2.75, 3.05) is 6.54 Å². The summed E-state index contributed by atoms with van der Waals surface area (Å²) in [6.45, 7) is 3.93. The Morgan fingerprint density at radius 1 is 1.26 bits per heavy atom. The van der Waals surface area contributed by atoms with Gasteiger partial charge in [0.05, 0.1) is 5.92 Å². The van der Waals surface area contributed by atoms with Crippen LogP contribution >= 0.6 is 0 Å². The average Bonchev–Trinajstić information content (AvgIpc) is 2.34. The molecule has 0 aliphatic carbocycles. The summed E-state index contributed by atoms with van der Waals surface area (Å²) in [6, 6.07) is 5.11. The highest BCUT2D eigenvalue weighted by Gasteiger charge is 2.19. The van der Waals surface area contributed by atoms with Crippen LogP contribution in [-0.2, 0) is 4.79 Å². The van der Waals surface area contributed by atoms with Crippen molar-refractivity contribution < 1.29 is 19.1 Å². The first kappa shape index (κ1) is 15.1. The van der Waals surface area contributed by atoms with E-state index in [-0.39, 0.29) is 12.5 Å². The lowest BCUT2D eigenvalue weighted by molar-refractivity contribution is -0.142. The number of rotatable bonds is 6. The Bertz CT molecular complexity index is 443. The highest BCUT2D eigenvalue weighted by atomic mass is 19.1. The molecule has 0 saturated carbocycles. The molecule has 1 unspecified atom stereocenters. The molecule has 0 spiro atoms. The standard InChI is InChI=1S/C14H18FNO3/c1-9(2)7-11(14(18)19)8-16-13(17)10-3-5-12(15)6-4-10/h3-6,9,11H,7-8H2,1-2H3,(H,16,17)(H,18,19). The summed E-state index contributed by atoms with van der Waals surface area (Å²) in [6.07, 6.45) is 0.499. The van der Waals surface area contributed by atoms with Crippen molar-refractivity contribution in [1.82, 2.24) is 5.32 Å². The average molecular weight is 267 g/mol. The number of halogens is 1. The minimum atomic E-state index is -0.923. The van der Waals surface area contributed by atoms with Crippen molar-refractivity contribution in [3.05, 3.63) is 35.6 Å². The van der Waals surface area contributed by atoms with Gasteiger partial charge in [-0.25, -0.2) is 4.39 Å². The van der Waals surface area contributed by atoms with Crippen molar-refractivity contribution in [3.63, 3.8) is 0 Å². The number of carboxylic acid groups (broad SMARTS) is 1. The Morgan fingerprint density at radius 3 is 2.32 bits per heavy atom. The Labute approximate surface area is 111 Å². The third-order valence-corrected chi connectivity index (χ3v) is 2.72. The van der Waals surface area contributed by atoms with Crippen LogP contribution in [-0.4, -0.2) is 23.5 Å². The van der Waals surface area contributed by atoms with Gasteiger partial charge >= 0.3 is 5.97 Å². The van der Waals surface area contributed by atoms with E-state index in [4.69, 9.17) is 5.11 Å². The second-order valence-corrected chi connectivity index (χ2v) is 4.88. The summed E-state index contributed by atoms with van der Waals surface area (Å²) in [5.74, 6) is -2.10. The van der Waals surface area contributed by atoms with Gasteiger partial charge in [0.15, 0.2) is 0 Å². The molecule has 2 N–H and O–H groups in total. The molecule has 1 rings (SSSR count). The largest absolute Gasteiger partial charge is 0.481 e. The Hall–Kier alpha value is -1.91. The third-order valence-electron chi connectivity index (χ3n) is 2.72. The molecule has 19 heavy (non-hydrogen) atoms. The van der Waals surface area contributed by atoms with Gasteiger partial charge in [-0.05, 0) is 36.6 Å². The van der Waals surface area contributed by atoms with Gasteiger partial charge in [-0.15, -0.1) is 0 Å². The zero-order valence-electron chi connectivity index (χ0n) is 11.0. The number of aliphatic carboxylic acids is 1. The topological polar surface area (TPSA) is 66.4 Å². The summed E-state index contributed by atoms with van der Waals surface area (Å²) in [7, 11) is 0. The van der Waals surface area contributed by atoms with Gasteiger partial charge < -0.3 is 10.4 Å². The molecule has 0 radical (unpaired) electrons. The predicted molar refractivity (Wildman–Crippen MR) is 69.3 cm³/mol. The van der Waals surface area contributed by atoms with Gasteiger partial charge in [0.1, 0.15) is 5.82 Å². The number of hydrogen-bond acceptors (Lipinski definition) is 2. The van der Waals surface area contributed by atoms with E-state index in [2.05, 4.69) is 5.32 Å². The zero-order chi connectivity index (χ0) is 14.4. The number of amides is 1. The van der Waals surface area contributed by atoms with E-state index in [9.17, 15) is 14.0 Å². The third kappa shape index (κ3) is 5.07. The first-order valence-electron chi connectivity index (χ1n) is 6.16. The fourth-order valence-electron chi connectivity index (χ4n) is 1.76. The lowest BCUT2D eigenvalue weighted by Crippen LogP contribution is -2.33. The van der Waals surface area contributed by atoms with Crippen LogP contribution in [0.5, 0.6) is 0 Å². The maximum atomic E-state index is 12.7. The molecule has 0 heterocycles. The van der Waals surface area contributed by atoms with Crippen LogP contribution in [0.1, 0.15) is 30.6 Å². The summed E-state index contributed by atoms with van der Waals surface area (Å²) < 4.78 is 12.7. The molecule has 1 atom stereocenters. The first-order valence-corrected chi connectivity index (χ1v) is 6.16. The van der Waals surface area contributed by atoms with Crippen LogP contribution < -0.4 is 5.32 Å². The summed E-state index contributed by atoms with van der Waals surface area (Å²) in [5, 5.41) is 11.6. The molecular weight excluding hydrogens is 249 g/mol. The molecule has 0 saturated heterocycles. The highest BCUT2D eigenvalue weighted by molar-refractivity contribution is 5.94. The molecule has 1 aromatic carbocycles. The van der Waals surface area contributed by atoms with Crippen LogP contribution in [0.3, 0.4) is 0 Å². The van der Waals surface area contributed by atoms with Gasteiger partial charge in [-0.3, -0.25) is 9.59 Å². The molecular formula is C14H18FNO3. The number of carbonyl (C=O) groups excluding carboxylic acids is 1. The van der Waals surface area contributed by atoms with Crippen molar-refractivity contribution >= 4 is 11.9 Å². The maximum Gasteiger partial charge on any atom is 0.308 e. The number of benzene rings is 1. The summed E-state index contributed by atoms with van der Waals surface area (Å²) in [4.78, 5) is 22.8. The second kappa shape index (κ2) is 6.87. The Balaban J connectivity index is 2.56. The van der Waals surface area contributed by atoms with Crippen molar-refractivity contribution in [2.45, 2.75) is 20.3 Å². The quantitative estimate of drug-likeness (QED) is 0.831. The minimum absolute atomic E-state index is 0.0731. The molecule has 0 aliphatic heterocycles. The molecule has 5 heteroatoms. The number of carboxylic acids is 1. The maximum absolute atomic E-state index is 12.7. The number of nitrogens with one attached hydrogen (secondary N) is 1. The molecule has 0 bridgehead atoms. The SMILES string of the molecule is CC(C)CC(CNC(=O)c1ccc(F)cc1)C(=O)O. The van der Waals surface area contributed by atoms with E-state index < -0.39 is 23.6 Å². The van der Waals surface area contributed by atoms with Crippen molar-refractivity contribution in [2.24, 2.45) is 11.8 Å². The Morgan fingerprint density at radius 2 is 1.84 bits per heavy atom. The smallest absolute Gasteiger partial charge is 0.308 e. The molecule has 104 valence electrons.